The van der Waals surface area contributed by atoms with Crippen LogP contribution in [0.15, 0.2) is 24.5 Å². The minimum atomic E-state index is 0.492. The molecule has 0 unspecified atom stereocenters. The van der Waals surface area contributed by atoms with Crippen LogP contribution in [0, 0.1) is 12.3 Å². The van der Waals surface area contributed by atoms with Gasteiger partial charge >= 0.3 is 0 Å². The van der Waals surface area contributed by atoms with E-state index in [1.165, 1.54) is 0 Å². The van der Waals surface area contributed by atoms with E-state index in [4.69, 9.17) is 6.42 Å². The van der Waals surface area contributed by atoms with Crippen LogP contribution in [0.2, 0.25) is 0 Å². The first-order chi connectivity index (χ1) is 7.90. The number of aromatic nitrogens is 5. The Bertz CT molecular complexity index is 486. The lowest BCUT2D eigenvalue weighted by Gasteiger charge is -1.98. The Morgan fingerprint density at radius 1 is 1.06 bits per heavy atom. The molecule has 5 heteroatoms. The van der Waals surface area contributed by atoms with E-state index in [1.807, 2.05) is 0 Å². The molecule has 0 atom stereocenters. The van der Waals surface area contributed by atoms with Gasteiger partial charge in [-0.15, -0.1) is 32.7 Å². The van der Waals surface area contributed by atoms with E-state index in [-0.39, 0.29) is 0 Å². The first-order valence-corrected chi connectivity index (χ1v) is 4.80. The van der Waals surface area contributed by atoms with Crippen molar-refractivity contribution < 1.29 is 0 Å². The second-order valence-electron chi connectivity index (χ2n) is 3.08. The molecule has 0 amide bonds. The third kappa shape index (κ3) is 2.36. The van der Waals surface area contributed by atoms with Crippen molar-refractivity contribution in [3.8, 4) is 23.7 Å². The molecule has 0 fully saturated rings. The largest absolute Gasteiger partial charge is 0.265 e. The number of hydrogen-bond acceptors (Lipinski definition) is 5. The Hall–Kier alpha value is -2.35. The van der Waals surface area contributed by atoms with Crippen molar-refractivity contribution in [3.05, 3.63) is 30.4 Å². The van der Waals surface area contributed by atoms with Crippen LogP contribution in [0.25, 0.3) is 11.4 Å². The van der Waals surface area contributed by atoms with Crippen LogP contribution < -0.4 is 0 Å². The zero-order chi connectivity index (χ0) is 11.2. The number of aryl methyl sites for hydroxylation is 1. The number of terminal acetylenes is 1. The van der Waals surface area contributed by atoms with E-state index < -0.39 is 0 Å². The maximum Gasteiger partial charge on any atom is 0.203 e. The summed E-state index contributed by atoms with van der Waals surface area (Å²) in [6.07, 6.45) is 9.69. The fraction of sp³-hybridized carbons (Fsp3) is 0.182. The molecule has 0 spiro atoms. The zero-order valence-electron chi connectivity index (χ0n) is 8.54. The highest BCUT2D eigenvalue weighted by molar-refractivity contribution is 5.51. The van der Waals surface area contributed by atoms with E-state index in [9.17, 15) is 0 Å². The Labute approximate surface area is 93.0 Å². The molecule has 5 nitrogen and oxygen atoms in total. The number of rotatable bonds is 3. The summed E-state index contributed by atoms with van der Waals surface area (Å²) in [4.78, 5) is 3.91. The van der Waals surface area contributed by atoms with Crippen molar-refractivity contribution in [2.75, 3.05) is 0 Å². The van der Waals surface area contributed by atoms with Gasteiger partial charge < -0.3 is 0 Å². The summed E-state index contributed by atoms with van der Waals surface area (Å²) in [5, 5.41) is 15.9. The summed E-state index contributed by atoms with van der Waals surface area (Å²) in [7, 11) is 0. The van der Waals surface area contributed by atoms with Crippen molar-refractivity contribution in [3.63, 3.8) is 0 Å². The highest BCUT2D eigenvalue weighted by Gasteiger charge is 2.03. The lowest BCUT2D eigenvalue weighted by atomic mass is 10.2. The van der Waals surface area contributed by atoms with Crippen LogP contribution in [0.5, 0.6) is 0 Å². The minimum absolute atomic E-state index is 0.492. The standard InChI is InChI=1S/C11H9N5/c1-2-3-4-10-13-15-11(16-14-10)9-5-7-12-8-6-9/h1,5-8H,3-4H2. The van der Waals surface area contributed by atoms with Gasteiger partial charge in [0.1, 0.15) is 0 Å². The quantitative estimate of drug-likeness (QED) is 0.705. The van der Waals surface area contributed by atoms with Crippen molar-refractivity contribution >= 4 is 0 Å². The normalized spacial score (nSPS) is 9.69. The van der Waals surface area contributed by atoms with Crippen molar-refractivity contribution in [2.24, 2.45) is 0 Å². The molecule has 16 heavy (non-hydrogen) atoms. The molecular formula is C11H9N5. The maximum atomic E-state index is 5.14. The Morgan fingerprint density at radius 2 is 1.75 bits per heavy atom. The third-order valence-electron chi connectivity index (χ3n) is 1.95. The molecule has 0 N–H and O–H groups in total. The molecule has 0 aliphatic rings. The van der Waals surface area contributed by atoms with Crippen molar-refractivity contribution in [1.29, 1.82) is 0 Å². The van der Waals surface area contributed by atoms with Crippen molar-refractivity contribution in [2.45, 2.75) is 12.8 Å². The van der Waals surface area contributed by atoms with Crippen LogP contribution in [0.1, 0.15) is 12.2 Å². The van der Waals surface area contributed by atoms with Crippen LogP contribution >= 0.6 is 0 Å². The lowest BCUT2D eigenvalue weighted by Crippen LogP contribution is -2.02. The second-order valence-corrected chi connectivity index (χ2v) is 3.08. The van der Waals surface area contributed by atoms with Gasteiger partial charge in [0.05, 0.1) is 0 Å². The van der Waals surface area contributed by atoms with Crippen LogP contribution in [-0.2, 0) is 6.42 Å². The smallest absolute Gasteiger partial charge is 0.203 e. The van der Waals surface area contributed by atoms with E-state index in [0.29, 0.717) is 24.5 Å². The summed E-state index contributed by atoms with van der Waals surface area (Å²) in [5.74, 6) is 3.58. The van der Waals surface area contributed by atoms with Gasteiger partial charge in [-0.2, -0.15) is 0 Å². The van der Waals surface area contributed by atoms with Gasteiger partial charge in [-0.25, -0.2) is 0 Å². The maximum absolute atomic E-state index is 5.14. The Morgan fingerprint density at radius 3 is 2.38 bits per heavy atom. The molecule has 2 aromatic rings. The molecule has 0 saturated heterocycles. The number of nitrogens with zero attached hydrogens (tertiary/aromatic N) is 5. The molecule has 2 aromatic heterocycles. The molecule has 0 bridgehead atoms. The van der Waals surface area contributed by atoms with Gasteiger partial charge in [-0.1, -0.05) is 0 Å². The zero-order valence-corrected chi connectivity index (χ0v) is 8.54. The fourth-order valence-corrected chi connectivity index (χ4v) is 1.15. The van der Waals surface area contributed by atoms with Gasteiger partial charge in [0.25, 0.3) is 0 Å². The van der Waals surface area contributed by atoms with Gasteiger partial charge in [0.15, 0.2) is 5.82 Å². The average molecular weight is 211 g/mol. The molecule has 0 radical (unpaired) electrons. The van der Waals surface area contributed by atoms with E-state index in [2.05, 4.69) is 31.3 Å². The lowest BCUT2D eigenvalue weighted by molar-refractivity contribution is 0.758. The Balaban J connectivity index is 2.17. The van der Waals surface area contributed by atoms with Crippen molar-refractivity contribution in [1.82, 2.24) is 25.4 Å². The molecular weight excluding hydrogens is 202 g/mol. The molecule has 2 heterocycles. The number of hydrogen-bond donors (Lipinski definition) is 0. The van der Waals surface area contributed by atoms with E-state index >= 15 is 0 Å². The molecule has 0 aliphatic carbocycles. The highest BCUT2D eigenvalue weighted by atomic mass is 15.3. The van der Waals surface area contributed by atoms with E-state index in [1.54, 1.807) is 24.5 Å². The monoisotopic (exact) mass is 211 g/mol. The Kier molecular flexibility index (Phi) is 3.14. The van der Waals surface area contributed by atoms with Crippen LogP contribution in [0.3, 0.4) is 0 Å². The van der Waals surface area contributed by atoms with Gasteiger partial charge in [-0.3, -0.25) is 4.98 Å². The van der Waals surface area contributed by atoms with Gasteiger partial charge in [0, 0.05) is 30.8 Å². The predicted molar refractivity (Wildman–Crippen MR) is 58.0 cm³/mol. The highest BCUT2D eigenvalue weighted by Crippen LogP contribution is 2.09. The van der Waals surface area contributed by atoms with Gasteiger partial charge in [-0.05, 0) is 12.1 Å². The SMILES string of the molecule is C#CCCc1nnc(-c2ccncc2)nn1. The second kappa shape index (κ2) is 4.94. The summed E-state index contributed by atoms with van der Waals surface area (Å²) in [5.41, 5.74) is 0.846. The van der Waals surface area contributed by atoms with Crippen LogP contribution in [0.4, 0.5) is 0 Å². The predicted octanol–water partition coefficient (Wildman–Crippen LogP) is 0.894. The van der Waals surface area contributed by atoms with E-state index in [0.717, 1.165) is 5.56 Å². The van der Waals surface area contributed by atoms with Crippen LogP contribution in [-0.4, -0.2) is 25.4 Å². The molecule has 2 rings (SSSR count). The number of pyridine rings is 1. The summed E-state index contributed by atoms with van der Waals surface area (Å²) < 4.78 is 0. The third-order valence-corrected chi connectivity index (χ3v) is 1.95. The molecule has 0 saturated carbocycles. The minimum Gasteiger partial charge on any atom is -0.265 e. The summed E-state index contributed by atoms with van der Waals surface area (Å²) >= 11 is 0. The average Bonchev–Trinajstić information content (AvgIpc) is 2.38. The fourth-order valence-electron chi connectivity index (χ4n) is 1.15. The summed E-state index contributed by atoms with van der Waals surface area (Å²) in [6, 6.07) is 3.61. The molecule has 78 valence electrons. The van der Waals surface area contributed by atoms with Gasteiger partial charge in [0.2, 0.25) is 5.82 Å². The first kappa shape index (κ1) is 10.2. The molecule has 0 aromatic carbocycles. The molecule has 0 aliphatic heterocycles. The topological polar surface area (TPSA) is 64.5 Å². The summed E-state index contributed by atoms with van der Waals surface area (Å²) in [6.45, 7) is 0. The first-order valence-electron chi connectivity index (χ1n) is 4.80.